The summed E-state index contributed by atoms with van der Waals surface area (Å²) in [4.78, 5) is 29.7. The van der Waals surface area contributed by atoms with Gasteiger partial charge in [0, 0.05) is 13.0 Å². The number of carbonyl (C=O) groups excluding carboxylic acids is 1. The number of carbonyl (C=O) groups is 2. The van der Waals surface area contributed by atoms with E-state index < -0.39 is 17.4 Å². The van der Waals surface area contributed by atoms with Crippen LogP contribution in [0.15, 0.2) is 91.0 Å². The number of fused-ring (bicyclic) bond motifs is 1. The van der Waals surface area contributed by atoms with Crippen LogP contribution in [0.5, 0.6) is 0 Å². The van der Waals surface area contributed by atoms with Gasteiger partial charge in [-0.1, -0.05) is 110 Å². The van der Waals surface area contributed by atoms with Crippen molar-refractivity contribution >= 4 is 34.2 Å². The Hall–Kier alpha value is -4.46. The van der Waals surface area contributed by atoms with Crippen molar-refractivity contribution in [2.24, 2.45) is 11.5 Å². The van der Waals surface area contributed by atoms with E-state index in [1.54, 1.807) is 24.3 Å². The maximum absolute atomic E-state index is 13.3. The van der Waals surface area contributed by atoms with Gasteiger partial charge in [-0.3, -0.25) is 4.79 Å². The van der Waals surface area contributed by atoms with Crippen molar-refractivity contribution in [3.05, 3.63) is 124 Å². The van der Waals surface area contributed by atoms with Gasteiger partial charge in [0.25, 0.3) is 0 Å². The predicted molar refractivity (Wildman–Crippen MR) is 162 cm³/mol. The van der Waals surface area contributed by atoms with Crippen LogP contribution in [0.2, 0.25) is 5.15 Å². The molecule has 1 heterocycles. The Morgan fingerprint density at radius 3 is 2.34 bits per heavy atom. The lowest BCUT2D eigenvalue weighted by Crippen LogP contribution is -2.51. The largest absolute Gasteiger partial charge is 0.478 e. The van der Waals surface area contributed by atoms with E-state index in [0.29, 0.717) is 35.6 Å². The summed E-state index contributed by atoms with van der Waals surface area (Å²) >= 11 is 6.80. The van der Waals surface area contributed by atoms with Crippen LogP contribution >= 0.6 is 11.6 Å². The standard InChI is InChI=1S/C33H31ClN4O3/c1-2-3-15-28-37-30(34)29(33(36,32(35)41)27-14-8-10-22-9-4-5-12-25(22)27)38(28)20-21-16-18-23(19-17-21)24-11-6-7-13-26(24)31(39)40/h4-14,16-19H,2-3,15,20,36H2,1H3,(H2,35,41)(H,39,40). The zero-order valence-electron chi connectivity index (χ0n) is 22.7. The average molecular weight is 567 g/mol. The van der Waals surface area contributed by atoms with Gasteiger partial charge in [-0.05, 0) is 45.5 Å². The van der Waals surface area contributed by atoms with E-state index in [0.717, 1.165) is 34.7 Å². The second kappa shape index (κ2) is 11.6. The Balaban J connectivity index is 1.63. The van der Waals surface area contributed by atoms with Gasteiger partial charge in [0.05, 0.1) is 11.3 Å². The number of amides is 1. The Kier molecular flexibility index (Phi) is 7.92. The number of imidazole rings is 1. The van der Waals surface area contributed by atoms with Crippen molar-refractivity contribution in [3.8, 4) is 11.1 Å². The summed E-state index contributed by atoms with van der Waals surface area (Å²) in [7, 11) is 0. The Labute approximate surface area is 243 Å². The van der Waals surface area contributed by atoms with Crippen molar-refractivity contribution in [1.82, 2.24) is 9.55 Å². The highest BCUT2D eigenvalue weighted by Gasteiger charge is 2.43. The molecule has 0 aliphatic heterocycles. The molecule has 0 bridgehead atoms. The highest BCUT2D eigenvalue weighted by atomic mass is 35.5. The normalized spacial score (nSPS) is 12.8. The molecule has 1 aromatic heterocycles. The third-order valence-corrected chi connectivity index (χ3v) is 7.76. The van der Waals surface area contributed by atoms with E-state index in [2.05, 4.69) is 11.9 Å². The molecule has 5 N–H and O–H groups in total. The number of hydrogen-bond donors (Lipinski definition) is 3. The lowest BCUT2D eigenvalue weighted by molar-refractivity contribution is -0.122. The lowest BCUT2D eigenvalue weighted by atomic mass is 9.83. The fourth-order valence-electron chi connectivity index (χ4n) is 5.38. The average Bonchev–Trinajstić information content (AvgIpc) is 3.30. The molecule has 208 valence electrons. The predicted octanol–water partition coefficient (Wildman–Crippen LogP) is 6.13. The first-order chi connectivity index (χ1) is 19.8. The monoisotopic (exact) mass is 566 g/mol. The van der Waals surface area contributed by atoms with Crippen molar-refractivity contribution in [1.29, 1.82) is 0 Å². The first-order valence-electron chi connectivity index (χ1n) is 13.5. The van der Waals surface area contributed by atoms with Crippen LogP contribution in [0.3, 0.4) is 0 Å². The topological polar surface area (TPSA) is 124 Å². The number of aryl methyl sites for hydroxylation is 1. The van der Waals surface area contributed by atoms with Crippen LogP contribution < -0.4 is 11.5 Å². The Morgan fingerprint density at radius 1 is 0.951 bits per heavy atom. The number of nitrogens with two attached hydrogens (primary N) is 2. The van der Waals surface area contributed by atoms with E-state index in [-0.39, 0.29) is 10.7 Å². The third kappa shape index (κ3) is 5.22. The van der Waals surface area contributed by atoms with Gasteiger partial charge in [0.15, 0.2) is 10.7 Å². The molecule has 0 radical (unpaired) electrons. The molecule has 5 aromatic rings. The number of benzene rings is 4. The van der Waals surface area contributed by atoms with E-state index in [9.17, 15) is 14.7 Å². The molecule has 1 amide bonds. The molecule has 0 saturated carbocycles. The molecule has 5 rings (SSSR count). The second-order valence-corrected chi connectivity index (χ2v) is 10.5. The van der Waals surface area contributed by atoms with E-state index in [4.69, 9.17) is 23.1 Å². The lowest BCUT2D eigenvalue weighted by Gasteiger charge is -2.30. The summed E-state index contributed by atoms with van der Waals surface area (Å²) in [5.41, 5.74) is 14.8. The molecule has 0 aliphatic rings. The minimum Gasteiger partial charge on any atom is -0.478 e. The summed E-state index contributed by atoms with van der Waals surface area (Å²) in [5, 5.41) is 11.5. The second-order valence-electron chi connectivity index (χ2n) is 10.1. The van der Waals surface area contributed by atoms with Crippen LogP contribution in [0, 0.1) is 0 Å². The van der Waals surface area contributed by atoms with Crippen molar-refractivity contribution in [2.75, 3.05) is 0 Å². The number of nitrogens with zero attached hydrogens (tertiary/aromatic N) is 2. The molecule has 41 heavy (non-hydrogen) atoms. The molecule has 7 nitrogen and oxygen atoms in total. The molecular formula is C33H31ClN4O3. The fraction of sp³-hybridized carbons (Fsp3) is 0.182. The number of aromatic carboxylic acids is 1. The summed E-state index contributed by atoms with van der Waals surface area (Å²) in [6.45, 7) is 2.43. The first-order valence-corrected chi connectivity index (χ1v) is 13.9. The van der Waals surface area contributed by atoms with Crippen LogP contribution in [0.4, 0.5) is 0 Å². The minimum atomic E-state index is -1.75. The number of hydrogen-bond acceptors (Lipinski definition) is 4. The third-order valence-electron chi connectivity index (χ3n) is 7.50. The first kappa shape index (κ1) is 28.1. The molecule has 4 aromatic carbocycles. The smallest absolute Gasteiger partial charge is 0.336 e. The van der Waals surface area contributed by atoms with Crippen molar-refractivity contribution in [3.63, 3.8) is 0 Å². The van der Waals surface area contributed by atoms with Crippen LogP contribution in [0.25, 0.3) is 21.9 Å². The molecule has 0 spiro atoms. The van der Waals surface area contributed by atoms with Crippen LogP contribution in [-0.4, -0.2) is 26.5 Å². The number of rotatable bonds is 10. The van der Waals surface area contributed by atoms with Crippen LogP contribution in [0.1, 0.15) is 52.8 Å². The molecule has 0 fully saturated rings. The van der Waals surface area contributed by atoms with Gasteiger partial charge in [-0.15, -0.1) is 0 Å². The summed E-state index contributed by atoms with van der Waals surface area (Å²) < 4.78 is 1.91. The zero-order valence-corrected chi connectivity index (χ0v) is 23.4. The van der Waals surface area contributed by atoms with E-state index in [1.807, 2.05) is 71.3 Å². The van der Waals surface area contributed by atoms with E-state index in [1.165, 1.54) is 0 Å². The number of unbranched alkanes of at least 4 members (excludes halogenated alkanes) is 1. The number of carboxylic acids is 1. The molecule has 1 atom stereocenters. The number of carboxylic acid groups (broad SMARTS) is 1. The molecule has 1 unspecified atom stereocenters. The van der Waals surface area contributed by atoms with E-state index >= 15 is 0 Å². The van der Waals surface area contributed by atoms with Gasteiger partial charge in [0.1, 0.15) is 5.82 Å². The number of primary amides is 1. The van der Waals surface area contributed by atoms with Crippen molar-refractivity contribution < 1.29 is 14.7 Å². The summed E-state index contributed by atoms with van der Waals surface area (Å²) in [6.07, 6.45) is 2.47. The quantitative estimate of drug-likeness (QED) is 0.187. The number of halogens is 1. The fourth-order valence-corrected chi connectivity index (χ4v) is 5.73. The van der Waals surface area contributed by atoms with Gasteiger partial charge in [0.2, 0.25) is 5.91 Å². The number of aromatic nitrogens is 2. The zero-order chi connectivity index (χ0) is 29.1. The van der Waals surface area contributed by atoms with Gasteiger partial charge < -0.3 is 21.1 Å². The molecule has 8 heteroatoms. The highest BCUT2D eigenvalue weighted by Crippen LogP contribution is 2.37. The maximum atomic E-state index is 13.3. The summed E-state index contributed by atoms with van der Waals surface area (Å²) in [6, 6.07) is 27.8. The van der Waals surface area contributed by atoms with Gasteiger partial charge >= 0.3 is 5.97 Å². The molecule has 0 saturated heterocycles. The highest BCUT2D eigenvalue weighted by molar-refractivity contribution is 6.30. The minimum absolute atomic E-state index is 0.136. The summed E-state index contributed by atoms with van der Waals surface area (Å²) in [5.74, 6) is -1.01. The Morgan fingerprint density at radius 2 is 1.63 bits per heavy atom. The molecule has 0 aliphatic carbocycles. The van der Waals surface area contributed by atoms with Crippen LogP contribution in [-0.2, 0) is 23.3 Å². The molecular weight excluding hydrogens is 536 g/mol. The maximum Gasteiger partial charge on any atom is 0.336 e. The van der Waals surface area contributed by atoms with Gasteiger partial charge in [-0.2, -0.15) is 0 Å². The van der Waals surface area contributed by atoms with Gasteiger partial charge in [-0.25, -0.2) is 9.78 Å². The van der Waals surface area contributed by atoms with Crippen molar-refractivity contribution in [2.45, 2.75) is 38.3 Å². The Bertz CT molecular complexity index is 1740. The SMILES string of the molecule is CCCCc1nc(Cl)c(C(N)(C(N)=O)c2cccc3ccccc23)n1Cc1ccc(-c2ccccc2C(=O)O)cc1.